The molecule has 1 aliphatic rings. The van der Waals surface area contributed by atoms with Crippen LogP contribution >= 0.6 is 15.9 Å². The molecule has 0 radical (unpaired) electrons. The second-order valence-electron chi connectivity index (χ2n) is 5.05. The minimum absolute atomic E-state index is 0.739. The van der Waals surface area contributed by atoms with Gasteiger partial charge in [0.2, 0.25) is 0 Å². The molecule has 0 saturated carbocycles. The molecule has 4 heteroatoms. The Morgan fingerprint density at radius 1 is 1.05 bits per heavy atom. The van der Waals surface area contributed by atoms with Crippen molar-refractivity contribution in [3.63, 3.8) is 0 Å². The third-order valence-electron chi connectivity index (χ3n) is 3.58. The van der Waals surface area contributed by atoms with Crippen LogP contribution in [-0.4, -0.2) is 18.1 Å². The van der Waals surface area contributed by atoms with Gasteiger partial charge < -0.3 is 10.2 Å². The molecule has 0 bridgehead atoms. The van der Waals surface area contributed by atoms with Gasteiger partial charge in [0.25, 0.3) is 0 Å². The molecule has 0 aliphatic carbocycles. The van der Waals surface area contributed by atoms with E-state index in [0.29, 0.717) is 0 Å². The van der Waals surface area contributed by atoms with E-state index in [1.165, 1.54) is 31.6 Å². The van der Waals surface area contributed by atoms with Crippen LogP contribution in [-0.2, 0) is 6.54 Å². The average Bonchev–Trinajstić information content (AvgIpc) is 3.00. The number of aromatic nitrogens is 1. The normalized spacial score (nSPS) is 14.6. The fourth-order valence-corrected chi connectivity index (χ4v) is 2.89. The van der Waals surface area contributed by atoms with E-state index in [-0.39, 0.29) is 0 Å². The van der Waals surface area contributed by atoms with Crippen molar-refractivity contribution < 1.29 is 0 Å². The van der Waals surface area contributed by atoms with Crippen LogP contribution in [0.15, 0.2) is 47.1 Å². The summed E-state index contributed by atoms with van der Waals surface area (Å²) in [4.78, 5) is 6.86. The molecule has 1 saturated heterocycles. The Hall–Kier alpha value is -1.55. The predicted octanol–water partition coefficient (Wildman–Crippen LogP) is 4.06. The maximum absolute atomic E-state index is 4.41. The van der Waals surface area contributed by atoms with Gasteiger partial charge in [0.15, 0.2) is 0 Å². The molecular weight excluding hydrogens is 314 g/mol. The van der Waals surface area contributed by atoms with Crippen LogP contribution in [0, 0.1) is 0 Å². The molecule has 1 aliphatic heterocycles. The van der Waals surface area contributed by atoms with Crippen LogP contribution in [0.5, 0.6) is 0 Å². The highest BCUT2D eigenvalue weighted by atomic mass is 79.9. The quantitative estimate of drug-likeness (QED) is 0.856. The summed E-state index contributed by atoms with van der Waals surface area (Å²) in [6.45, 7) is 3.12. The molecule has 3 nitrogen and oxygen atoms in total. The molecule has 3 rings (SSSR count). The number of nitrogens with one attached hydrogen (secondary N) is 1. The molecule has 0 amide bonds. The van der Waals surface area contributed by atoms with Crippen LogP contribution in [0.3, 0.4) is 0 Å². The molecule has 0 unspecified atom stereocenters. The minimum atomic E-state index is 0.739. The molecule has 1 N–H and O–H groups in total. The number of nitrogens with zero attached hydrogens (tertiary/aromatic N) is 2. The summed E-state index contributed by atoms with van der Waals surface area (Å²) in [6.07, 6.45) is 2.63. The van der Waals surface area contributed by atoms with Crippen molar-refractivity contribution in [3.8, 4) is 0 Å². The predicted molar refractivity (Wildman–Crippen MR) is 87.2 cm³/mol. The van der Waals surface area contributed by atoms with Crippen LogP contribution in [0.25, 0.3) is 0 Å². The Morgan fingerprint density at radius 2 is 1.80 bits per heavy atom. The highest BCUT2D eigenvalue weighted by molar-refractivity contribution is 9.10. The molecule has 0 spiro atoms. The zero-order valence-corrected chi connectivity index (χ0v) is 12.9. The minimum Gasteiger partial charge on any atom is -0.379 e. The lowest BCUT2D eigenvalue weighted by Crippen LogP contribution is -2.17. The maximum atomic E-state index is 4.41. The first-order valence-electron chi connectivity index (χ1n) is 7.01. The first kappa shape index (κ1) is 13.4. The van der Waals surface area contributed by atoms with Crippen molar-refractivity contribution in [2.75, 3.05) is 23.3 Å². The first-order valence-corrected chi connectivity index (χ1v) is 7.81. The van der Waals surface area contributed by atoms with Gasteiger partial charge in [-0.15, -0.1) is 0 Å². The summed E-state index contributed by atoms with van der Waals surface area (Å²) in [5, 5.41) is 3.40. The Bertz CT molecular complexity index is 562. The van der Waals surface area contributed by atoms with Gasteiger partial charge in [0.1, 0.15) is 4.60 Å². The van der Waals surface area contributed by atoms with Crippen molar-refractivity contribution in [1.29, 1.82) is 0 Å². The van der Waals surface area contributed by atoms with Gasteiger partial charge in [-0.25, -0.2) is 4.98 Å². The Kier molecular flexibility index (Phi) is 4.21. The van der Waals surface area contributed by atoms with Gasteiger partial charge in [-0.1, -0.05) is 6.07 Å². The second kappa shape index (κ2) is 6.27. The van der Waals surface area contributed by atoms with Crippen LogP contribution in [0.2, 0.25) is 0 Å². The van der Waals surface area contributed by atoms with Gasteiger partial charge >= 0.3 is 0 Å². The number of anilines is 2. The van der Waals surface area contributed by atoms with Gasteiger partial charge in [-0.2, -0.15) is 0 Å². The molecule has 104 valence electrons. The average molecular weight is 332 g/mol. The second-order valence-corrected chi connectivity index (χ2v) is 5.86. The lowest BCUT2D eigenvalue weighted by atomic mass is 10.2. The third-order valence-corrected chi connectivity index (χ3v) is 4.03. The molecule has 1 fully saturated rings. The lowest BCUT2D eigenvalue weighted by Gasteiger charge is -2.18. The van der Waals surface area contributed by atoms with Crippen LogP contribution < -0.4 is 10.2 Å². The summed E-state index contributed by atoms with van der Waals surface area (Å²) in [7, 11) is 0. The van der Waals surface area contributed by atoms with E-state index in [1.807, 2.05) is 18.2 Å². The number of hydrogen-bond donors (Lipinski definition) is 1. The topological polar surface area (TPSA) is 28.2 Å². The standard InChI is InChI=1S/C16H18BrN3/c17-16-5-3-4-14(19-16)12-18-13-6-8-15(9-7-13)20-10-1-2-11-20/h3-9,18H,1-2,10-12H2. The fourth-order valence-electron chi connectivity index (χ4n) is 2.51. The van der Waals surface area contributed by atoms with Crippen molar-refractivity contribution in [2.45, 2.75) is 19.4 Å². The van der Waals surface area contributed by atoms with E-state index in [0.717, 1.165) is 22.5 Å². The highest BCUT2D eigenvalue weighted by Gasteiger charge is 2.11. The van der Waals surface area contributed by atoms with Gasteiger partial charge in [-0.05, 0) is 65.2 Å². The van der Waals surface area contributed by atoms with E-state index in [9.17, 15) is 0 Å². The smallest absolute Gasteiger partial charge is 0.106 e. The number of pyridine rings is 1. The molecule has 1 aromatic heterocycles. The monoisotopic (exact) mass is 331 g/mol. The summed E-state index contributed by atoms with van der Waals surface area (Å²) in [6, 6.07) is 14.6. The van der Waals surface area contributed by atoms with E-state index in [2.05, 4.69) is 55.4 Å². The SMILES string of the molecule is Brc1cccc(CNc2ccc(N3CCCC3)cc2)n1. The molecule has 2 aromatic rings. The molecule has 20 heavy (non-hydrogen) atoms. The zero-order chi connectivity index (χ0) is 13.8. The molecule has 0 atom stereocenters. The van der Waals surface area contributed by atoms with Crippen molar-refractivity contribution in [1.82, 2.24) is 4.98 Å². The lowest BCUT2D eigenvalue weighted by molar-refractivity contribution is 0.949. The fraction of sp³-hybridized carbons (Fsp3) is 0.312. The van der Waals surface area contributed by atoms with Gasteiger partial charge in [0, 0.05) is 24.5 Å². The van der Waals surface area contributed by atoms with Crippen LogP contribution in [0.1, 0.15) is 18.5 Å². The number of benzene rings is 1. The summed E-state index contributed by atoms with van der Waals surface area (Å²) in [5.74, 6) is 0. The van der Waals surface area contributed by atoms with E-state index in [1.54, 1.807) is 0 Å². The van der Waals surface area contributed by atoms with E-state index < -0.39 is 0 Å². The number of hydrogen-bond acceptors (Lipinski definition) is 3. The van der Waals surface area contributed by atoms with Gasteiger partial charge in [-0.3, -0.25) is 0 Å². The largest absolute Gasteiger partial charge is 0.379 e. The first-order chi connectivity index (χ1) is 9.81. The van der Waals surface area contributed by atoms with E-state index >= 15 is 0 Å². The van der Waals surface area contributed by atoms with Crippen molar-refractivity contribution >= 4 is 27.3 Å². The van der Waals surface area contributed by atoms with E-state index in [4.69, 9.17) is 0 Å². The Morgan fingerprint density at radius 3 is 2.50 bits per heavy atom. The Balaban J connectivity index is 1.60. The Labute approximate surface area is 128 Å². The van der Waals surface area contributed by atoms with Crippen molar-refractivity contribution in [3.05, 3.63) is 52.8 Å². The summed E-state index contributed by atoms with van der Waals surface area (Å²) >= 11 is 3.39. The highest BCUT2D eigenvalue weighted by Crippen LogP contribution is 2.22. The third kappa shape index (κ3) is 3.31. The molecule has 1 aromatic carbocycles. The molecular formula is C16H18BrN3. The van der Waals surface area contributed by atoms with Gasteiger partial charge in [0.05, 0.1) is 12.2 Å². The van der Waals surface area contributed by atoms with Crippen molar-refractivity contribution in [2.24, 2.45) is 0 Å². The summed E-state index contributed by atoms with van der Waals surface area (Å²) in [5.41, 5.74) is 3.49. The maximum Gasteiger partial charge on any atom is 0.106 e. The number of halogens is 1. The van der Waals surface area contributed by atoms with Crippen LogP contribution in [0.4, 0.5) is 11.4 Å². The number of rotatable bonds is 4. The zero-order valence-electron chi connectivity index (χ0n) is 11.3. The molecule has 2 heterocycles. The summed E-state index contributed by atoms with van der Waals surface area (Å²) < 4.78 is 0.876.